The van der Waals surface area contributed by atoms with Gasteiger partial charge in [0.15, 0.2) is 0 Å². The lowest BCUT2D eigenvalue weighted by Crippen LogP contribution is -2.51. The summed E-state index contributed by atoms with van der Waals surface area (Å²) >= 11 is 0. The number of carbonyl (C=O) groups is 3. The minimum Gasteiger partial charge on any atom is -0.481 e. The maximum absolute atomic E-state index is 12.8. The highest BCUT2D eigenvalue weighted by atomic mass is 16.6. The lowest BCUT2D eigenvalue weighted by Gasteiger charge is -2.35. The number of carboxylic acid groups (broad SMARTS) is 1. The zero-order chi connectivity index (χ0) is 21.9. The Morgan fingerprint density at radius 2 is 1.63 bits per heavy atom. The van der Waals surface area contributed by atoms with Gasteiger partial charge in [-0.25, -0.2) is 9.48 Å². The Morgan fingerprint density at radius 3 is 2.20 bits per heavy atom. The Morgan fingerprint density at radius 1 is 1.03 bits per heavy atom. The second-order valence-corrected chi connectivity index (χ2v) is 8.03. The zero-order valence-corrected chi connectivity index (χ0v) is 17.2. The Kier molecular flexibility index (Phi) is 6.04. The summed E-state index contributed by atoms with van der Waals surface area (Å²) < 4.78 is 6.84. The molecule has 1 fully saturated rings. The fourth-order valence-electron chi connectivity index (χ4n) is 3.02. The number of hydrogen-bond donors (Lipinski definition) is 1. The van der Waals surface area contributed by atoms with Crippen molar-refractivity contribution in [1.82, 2.24) is 24.8 Å². The lowest BCUT2D eigenvalue weighted by molar-refractivity contribution is -0.136. The molecule has 160 valence electrons. The summed E-state index contributed by atoms with van der Waals surface area (Å²) in [5.41, 5.74) is 0.996. The molecule has 1 N–H and O–H groups in total. The fraction of sp³-hybridized carbons (Fsp3) is 0.450. The number of rotatable bonds is 4. The molecule has 30 heavy (non-hydrogen) atoms. The number of aliphatic carboxylic acids is 1. The van der Waals surface area contributed by atoms with E-state index < -0.39 is 11.6 Å². The molecule has 0 unspecified atom stereocenters. The summed E-state index contributed by atoms with van der Waals surface area (Å²) in [7, 11) is 0. The van der Waals surface area contributed by atoms with Crippen molar-refractivity contribution < 1.29 is 24.2 Å². The van der Waals surface area contributed by atoms with Gasteiger partial charge in [-0.1, -0.05) is 5.21 Å². The van der Waals surface area contributed by atoms with Gasteiger partial charge < -0.3 is 19.6 Å². The molecule has 2 aromatic rings. The predicted molar refractivity (Wildman–Crippen MR) is 106 cm³/mol. The number of ether oxygens (including phenoxy) is 1. The van der Waals surface area contributed by atoms with Crippen molar-refractivity contribution in [1.29, 1.82) is 0 Å². The Bertz CT molecular complexity index is 924. The van der Waals surface area contributed by atoms with Crippen LogP contribution in [0.3, 0.4) is 0 Å². The van der Waals surface area contributed by atoms with Gasteiger partial charge in [0.1, 0.15) is 5.60 Å². The van der Waals surface area contributed by atoms with Gasteiger partial charge in [-0.15, -0.1) is 5.10 Å². The number of piperazine rings is 1. The highest BCUT2D eigenvalue weighted by Crippen LogP contribution is 2.15. The maximum atomic E-state index is 12.8. The van der Waals surface area contributed by atoms with Crippen LogP contribution in [0, 0.1) is 0 Å². The highest BCUT2D eigenvalue weighted by molar-refractivity contribution is 5.94. The number of carboxylic acids is 1. The van der Waals surface area contributed by atoms with Crippen LogP contribution in [0.15, 0.2) is 30.5 Å². The molecule has 0 aliphatic carbocycles. The summed E-state index contributed by atoms with van der Waals surface area (Å²) in [6.07, 6.45) is 0.973. The first-order valence-corrected chi connectivity index (χ1v) is 9.63. The molecule has 2 amide bonds. The Labute approximate surface area is 174 Å². The minimum atomic E-state index is -0.977. The van der Waals surface area contributed by atoms with E-state index in [9.17, 15) is 14.4 Å². The third-order valence-electron chi connectivity index (χ3n) is 4.47. The van der Waals surface area contributed by atoms with Crippen LogP contribution in [0.25, 0.3) is 5.69 Å². The number of benzene rings is 1. The molecule has 0 spiro atoms. The standard InChI is InChI=1S/C20H25N5O5/c1-20(2,3)30-19(29)24-10-8-23(9-11-24)18(28)14-4-6-16(7-5-14)25-13-15(21-22-25)12-17(26)27/h4-7,13H,8-12H2,1-3H3,(H,26,27). The zero-order valence-electron chi connectivity index (χ0n) is 17.2. The van der Waals surface area contributed by atoms with Crippen molar-refractivity contribution in [3.8, 4) is 5.69 Å². The number of nitrogens with zero attached hydrogens (tertiary/aromatic N) is 5. The first kappa shape index (κ1) is 21.3. The van der Waals surface area contributed by atoms with Gasteiger partial charge in [0.25, 0.3) is 5.91 Å². The van der Waals surface area contributed by atoms with Crippen LogP contribution in [0.1, 0.15) is 36.8 Å². The van der Waals surface area contributed by atoms with Gasteiger partial charge in [0, 0.05) is 31.7 Å². The normalized spacial score (nSPS) is 14.5. The van der Waals surface area contributed by atoms with E-state index in [0.29, 0.717) is 43.1 Å². The molecule has 1 aromatic carbocycles. The van der Waals surface area contributed by atoms with E-state index in [2.05, 4.69) is 10.3 Å². The molecule has 3 rings (SSSR count). The van der Waals surface area contributed by atoms with E-state index in [1.54, 1.807) is 40.3 Å². The molecule has 10 heteroatoms. The van der Waals surface area contributed by atoms with Gasteiger partial charge in [0.05, 0.1) is 24.0 Å². The SMILES string of the molecule is CC(C)(C)OC(=O)N1CCN(C(=O)c2ccc(-n3cc(CC(=O)O)nn3)cc2)CC1. The van der Waals surface area contributed by atoms with E-state index in [-0.39, 0.29) is 18.4 Å². The molecule has 1 aliphatic heterocycles. The van der Waals surface area contributed by atoms with Crippen LogP contribution < -0.4 is 0 Å². The molecule has 0 bridgehead atoms. The Hall–Kier alpha value is -3.43. The first-order valence-electron chi connectivity index (χ1n) is 9.63. The van der Waals surface area contributed by atoms with Crippen LogP contribution in [0.4, 0.5) is 4.79 Å². The number of amides is 2. The third kappa shape index (κ3) is 5.34. The summed E-state index contributed by atoms with van der Waals surface area (Å²) in [6.45, 7) is 7.17. The number of carbonyl (C=O) groups excluding carboxylic acids is 2. The summed E-state index contributed by atoms with van der Waals surface area (Å²) in [6, 6.07) is 6.83. The van der Waals surface area contributed by atoms with Crippen molar-refractivity contribution >= 4 is 18.0 Å². The van der Waals surface area contributed by atoms with Crippen LogP contribution in [0.5, 0.6) is 0 Å². The monoisotopic (exact) mass is 415 g/mol. The first-order chi connectivity index (χ1) is 14.1. The summed E-state index contributed by atoms with van der Waals surface area (Å²) in [4.78, 5) is 39.0. The highest BCUT2D eigenvalue weighted by Gasteiger charge is 2.28. The van der Waals surface area contributed by atoms with Crippen molar-refractivity contribution in [2.75, 3.05) is 26.2 Å². The van der Waals surface area contributed by atoms with Gasteiger partial charge in [-0.2, -0.15) is 0 Å². The molecule has 1 aliphatic rings. The molecule has 1 saturated heterocycles. The molecular formula is C20H25N5O5. The molecule has 2 heterocycles. The third-order valence-corrected chi connectivity index (χ3v) is 4.47. The van der Waals surface area contributed by atoms with Gasteiger partial charge in [0.2, 0.25) is 0 Å². The second kappa shape index (κ2) is 8.52. The van der Waals surface area contributed by atoms with Crippen molar-refractivity contribution in [2.45, 2.75) is 32.8 Å². The largest absolute Gasteiger partial charge is 0.481 e. The summed E-state index contributed by atoms with van der Waals surface area (Å²) in [5.74, 6) is -1.09. The van der Waals surface area contributed by atoms with Gasteiger partial charge in [-0.05, 0) is 45.0 Å². The van der Waals surface area contributed by atoms with Crippen molar-refractivity contribution in [3.63, 3.8) is 0 Å². The Balaban J connectivity index is 1.58. The maximum Gasteiger partial charge on any atom is 0.410 e. The van der Waals surface area contributed by atoms with E-state index in [0.717, 1.165) is 0 Å². The molecule has 0 atom stereocenters. The fourth-order valence-corrected chi connectivity index (χ4v) is 3.02. The summed E-state index contributed by atoms with van der Waals surface area (Å²) in [5, 5.41) is 16.6. The minimum absolute atomic E-state index is 0.115. The molecular weight excluding hydrogens is 390 g/mol. The van der Waals surface area contributed by atoms with Crippen LogP contribution in [-0.4, -0.2) is 79.7 Å². The average molecular weight is 415 g/mol. The number of hydrogen-bond acceptors (Lipinski definition) is 6. The van der Waals surface area contributed by atoms with E-state index in [1.165, 1.54) is 4.68 Å². The van der Waals surface area contributed by atoms with E-state index in [4.69, 9.17) is 9.84 Å². The van der Waals surface area contributed by atoms with E-state index in [1.807, 2.05) is 20.8 Å². The number of aromatic nitrogens is 3. The second-order valence-electron chi connectivity index (χ2n) is 8.03. The van der Waals surface area contributed by atoms with Crippen LogP contribution >= 0.6 is 0 Å². The lowest BCUT2D eigenvalue weighted by atomic mass is 10.1. The van der Waals surface area contributed by atoms with Crippen LogP contribution in [0.2, 0.25) is 0 Å². The van der Waals surface area contributed by atoms with E-state index >= 15 is 0 Å². The predicted octanol–water partition coefficient (Wildman–Crippen LogP) is 1.59. The van der Waals surface area contributed by atoms with Gasteiger partial charge in [-0.3, -0.25) is 9.59 Å². The smallest absolute Gasteiger partial charge is 0.410 e. The van der Waals surface area contributed by atoms with Crippen LogP contribution in [-0.2, 0) is 16.0 Å². The van der Waals surface area contributed by atoms with Gasteiger partial charge >= 0.3 is 12.1 Å². The average Bonchev–Trinajstić information content (AvgIpc) is 3.14. The molecule has 1 aromatic heterocycles. The topological polar surface area (TPSA) is 118 Å². The van der Waals surface area contributed by atoms with Crippen molar-refractivity contribution in [3.05, 3.63) is 41.7 Å². The molecule has 0 radical (unpaired) electrons. The molecule has 0 saturated carbocycles. The molecule has 10 nitrogen and oxygen atoms in total. The van der Waals surface area contributed by atoms with Crippen molar-refractivity contribution in [2.24, 2.45) is 0 Å². The quantitative estimate of drug-likeness (QED) is 0.805.